The van der Waals surface area contributed by atoms with Gasteiger partial charge in [-0.05, 0) is 12.5 Å². The van der Waals surface area contributed by atoms with E-state index >= 15 is 0 Å². The van der Waals surface area contributed by atoms with E-state index in [1.807, 2.05) is 44.3 Å². The third-order valence-electron chi connectivity index (χ3n) is 2.23. The Bertz CT molecular complexity index is 496. The normalized spacial score (nSPS) is 10.4. The molecule has 14 heavy (non-hydrogen) atoms. The Labute approximate surface area is 86.4 Å². The zero-order valence-corrected chi connectivity index (χ0v) is 8.97. The van der Waals surface area contributed by atoms with Crippen LogP contribution in [0.5, 0.6) is 0 Å². The summed E-state index contributed by atoms with van der Waals surface area (Å²) in [4.78, 5) is 12.6. The molecule has 0 bridgehead atoms. The van der Waals surface area contributed by atoms with E-state index in [0.717, 1.165) is 16.1 Å². The summed E-state index contributed by atoms with van der Waals surface area (Å²) in [7, 11) is 1.81. The molecule has 0 aliphatic rings. The molecule has 3 heteroatoms. The van der Waals surface area contributed by atoms with Crippen LogP contribution in [0.15, 0.2) is 35.1 Å². The van der Waals surface area contributed by atoms with Gasteiger partial charge in [0.1, 0.15) is 0 Å². The van der Waals surface area contributed by atoms with Gasteiger partial charge in [0.2, 0.25) is 0 Å². The Morgan fingerprint density at radius 1 is 1.21 bits per heavy atom. The van der Waals surface area contributed by atoms with E-state index in [9.17, 15) is 4.79 Å². The van der Waals surface area contributed by atoms with Crippen molar-refractivity contribution in [1.29, 1.82) is 0 Å². The van der Waals surface area contributed by atoms with Crippen LogP contribution in [0.1, 0.15) is 4.88 Å². The van der Waals surface area contributed by atoms with Gasteiger partial charge in [0.05, 0.1) is 5.69 Å². The highest BCUT2D eigenvalue weighted by Gasteiger charge is 2.09. The van der Waals surface area contributed by atoms with E-state index < -0.39 is 0 Å². The van der Waals surface area contributed by atoms with Crippen molar-refractivity contribution in [3.63, 3.8) is 0 Å². The van der Waals surface area contributed by atoms with E-state index in [1.54, 1.807) is 4.57 Å². The lowest BCUT2D eigenvalue weighted by atomic mass is 10.1. The molecular weight excluding hydrogens is 194 g/mol. The van der Waals surface area contributed by atoms with Crippen LogP contribution in [0.4, 0.5) is 0 Å². The lowest BCUT2D eigenvalue weighted by Crippen LogP contribution is -2.08. The predicted octanol–water partition coefficient (Wildman–Crippen LogP) is 2.42. The fourth-order valence-corrected chi connectivity index (χ4v) is 2.41. The van der Waals surface area contributed by atoms with E-state index in [-0.39, 0.29) is 4.87 Å². The second kappa shape index (κ2) is 3.42. The molecule has 0 saturated heterocycles. The summed E-state index contributed by atoms with van der Waals surface area (Å²) in [5.74, 6) is 0. The Morgan fingerprint density at radius 2 is 1.86 bits per heavy atom. The third-order valence-corrected chi connectivity index (χ3v) is 3.18. The molecular formula is C11H11NOS. The van der Waals surface area contributed by atoms with Crippen molar-refractivity contribution in [1.82, 2.24) is 4.57 Å². The summed E-state index contributed by atoms with van der Waals surface area (Å²) >= 11 is 1.30. The van der Waals surface area contributed by atoms with Gasteiger partial charge in [-0.15, -0.1) is 0 Å². The molecule has 2 nitrogen and oxygen atoms in total. The number of benzene rings is 1. The minimum Gasteiger partial charge on any atom is -0.301 e. The first-order chi connectivity index (χ1) is 6.70. The van der Waals surface area contributed by atoms with Gasteiger partial charge in [0.15, 0.2) is 0 Å². The number of nitrogens with zero attached hydrogens (tertiary/aromatic N) is 1. The molecule has 1 aromatic heterocycles. The summed E-state index contributed by atoms with van der Waals surface area (Å²) in [5, 5.41) is 0. The number of aromatic nitrogens is 1. The zero-order valence-electron chi connectivity index (χ0n) is 8.15. The van der Waals surface area contributed by atoms with Crippen LogP contribution in [0.3, 0.4) is 0 Å². The number of rotatable bonds is 1. The average Bonchev–Trinajstić information content (AvgIpc) is 2.43. The second-order valence-electron chi connectivity index (χ2n) is 3.20. The number of hydrogen-bond acceptors (Lipinski definition) is 2. The van der Waals surface area contributed by atoms with E-state index in [2.05, 4.69) is 0 Å². The summed E-state index contributed by atoms with van der Waals surface area (Å²) in [6.07, 6.45) is 0. The molecule has 2 aromatic rings. The van der Waals surface area contributed by atoms with Gasteiger partial charge >= 0.3 is 4.87 Å². The van der Waals surface area contributed by atoms with Crippen LogP contribution in [0.2, 0.25) is 0 Å². The van der Waals surface area contributed by atoms with Crippen molar-refractivity contribution in [2.75, 3.05) is 0 Å². The SMILES string of the molecule is Cc1sc(=O)n(C)c1-c1ccccc1. The van der Waals surface area contributed by atoms with Crippen LogP contribution in [-0.2, 0) is 7.05 Å². The molecule has 1 heterocycles. The molecule has 0 fully saturated rings. The fraction of sp³-hybridized carbons (Fsp3) is 0.182. The first-order valence-corrected chi connectivity index (χ1v) is 5.23. The van der Waals surface area contributed by atoms with Crippen molar-refractivity contribution in [2.45, 2.75) is 6.92 Å². The van der Waals surface area contributed by atoms with Gasteiger partial charge < -0.3 is 4.57 Å². The fourth-order valence-electron chi connectivity index (χ4n) is 1.57. The van der Waals surface area contributed by atoms with Crippen LogP contribution >= 0.6 is 11.3 Å². The minimum absolute atomic E-state index is 0.0985. The number of aryl methyl sites for hydroxylation is 1. The maximum atomic E-state index is 11.4. The summed E-state index contributed by atoms with van der Waals surface area (Å²) in [5.41, 5.74) is 2.13. The van der Waals surface area contributed by atoms with E-state index in [0.29, 0.717) is 0 Å². The molecule has 0 aliphatic carbocycles. The van der Waals surface area contributed by atoms with Gasteiger partial charge in [-0.3, -0.25) is 4.79 Å². The molecule has 0 radical (unpaired) electrons. The van der Waals surface area contributed by atoms with Gasteiger partial charge in [0, 0.05) is 11.9 Å². The molecule has 0 N–H and O–H groups in total. The monoisotopic (exact) mass is 205 g/mol. The highest BCUT2D eigenvalue weighted by atomic mass is 32.1. The van der Waals surface area contributed by atoms with E-state index in [4.69, 9.17) is 0 Å². The van der Waals surface area contributed by atoms with Gasteiger partial charge in [-0.1, -0.05) is 41.7 Å². The maximum Gasteiger partial charge on any atom is 0.307 e. The second-order valence-corrected chi connectivity index (χ2v) is 4.36. The zero-order chi connectivity index (χ0) is 10.1. The number of hydrogen-bond donors (Lipinski definition) is 0. The number of thiazole rings is 1. The Hall–Kier alpha value is -1.35. The molecule has 0 amide bonds. The van der Waals surface area contributed by atoms with Crippen LogP contribution in [-0.4, -0.2) is 4.57 Å². The predicted molar refractivity (Wildman–Crippen MR) is 59.7 cm³/mol. The minimum atomic E-state index is 0.0985. The Balaban J connectivity index is 2.69. The molecule has 72 valence electrons. The van der Waals surface area contributed by atoms with Gasteiger partial charge in [-0.25, -0.2) is 0 Å². The van der Waals surface area contributed by atoms with Crippen LogP contribution in [0.25, 0.3) is 11.3 Å². The molecule has 0 saturated carbocycles. The lowest BCUT2D eigenvalue weighted by Gasteiger charge is -2.02. The Morgan fingerprint density at radius 3 is 2.36 bits per heavy atom. The first kappa shape index (κ1) is 9.21. The lowest BCUT2D eigenvalue weighted by molar-refractivity contribution is 0.903. The Kier molecular flexibility index (Phi) is 2.25. The molecule has 2 rings (SSSR count). The average molecular weight is 205 g/mol. The maximum absolute atomic E-state index is 11.4. The van der Waals surface area contributed by atoms with Crippen molar-refractivity contribution in [3.8, 4) is 11.3 Å². The van der Waals surface area contributed by atoms with Crippen molar-refractivity contribution >= 4 is 11.3 Å². The quantitative estimate of drug-likeness (QED) is 0.700. The topological polar surface area (TPSA) is 22.0 Å². The third kappa shape index (κ3) is 1.40. The van der Waals surface area contributed by atoms with Gasteiger partial charge in [0.25, 0.3) is 0 Å². The molecule has 0 unspecified atom stereocenters. The largest absolute Gasteiger partial charge is 0.307 e. The van der Waals surface area contributed by atoms with Crippen molar-refractivity contribution in [3.05, 3.63) is 44.9 Å². The molecule has 0 atom stereocenters. The van der Waals surface area contributed by atoms with Crippen molar-refractivity contribution in [2.24, 2.45) is 7.05 Å². The summed E-state index contributed by atoms with van der Waals surface area (Å²) < 4.78 is 1.70. The van der Waals surface area contributed by atoms with E-state index in [1.165, 1.54) is 11.3 Å². The molecule has 0 spiro atoms. The molecule has 0 aliphatic heterocycles. The molecule has 1 aromatic carbocycles. The highest BCUT2D eigenvalue weighted by molar-refractivity contribution is 7.09. The smallest absolute Gasteiger partial charge is 0.301 e. The van der Waals surface area contributed by atoms with Gasteiger partial charge in [-0.2, -0.15) is 0 Å². The van der Waals surface area contributed by atoms with Crippen LogP contribution < -0.4 is 4.87 Å². The standard InChI is InChI=1S/C11H11NOS/c1-8-10(12(2)11(13)14-8)9-6-4-3-5-7-9/h3-7H,1-2H3. The summed E-state index contributed by atoms with van der Waals surface area (Å²) in [6.45, 7) is 1.98. The summed E-state index contributed by atoms with van der Waals surface area (Å²) in [6, 6.07) is 9.99. The first-order valence-electron chi connectivity index (χ1n) is 4.42. The van der Waals surface area contributed by atoms with Crippen molar-refractivity contribution < 1.29 is 0 Å². The highest BCUT2D eigenvalue weighted by Crippen LogP contribution is 2.23. The van der Waals surface area contributed by atoms with Crippen LogP contribution in [0, 0.1) is 6.92 Å².